The molecule has 0 radical (unpaired) electrons. The number of hydrogen-bond donors (Lipinski definition) is 6. The monoisotopic (exact) mass is 1580 g/mol. The zero-order chi connectivity index (χ0) is 79.1. The molecule has 4 aliphatic heterocycles. The van der Waals surface area contributed by atoms with Crippen LogP contribution in [0.3, 0.4) is 0 Å². The van der Waals surface area contributed by atoms with Crippen molar-refractivity contribution >= 4 is 50.5 Å². The van der Waals surface area contributed by atoms with Crippen LogP contribution in [0.1, 0.15) is 218 Å². The van der Waals surface area contributed by atoms with Crippen molar-refractivity contribution in [2.75, 3.05) is 32.6 Å². The molecule has 13 aliphatic rings. The van der Waals surface area contributed by atoms with Gasteiger partial charge in [0.15, 0.2) is 19.8 Å². The van der Waals surface area contributed by atoms with Gasteiger partial charge in [0, 0.05) is 103 Å². The molecule has 16 atom stereocenters. The van der Waals surface area contributed by atoms with E-state index in [1.54, 1.807) is 78.9 Å². The Bertz CT molecular complexity index is 5050. The number of hydrogen-bond acceptors (Lipinski definition) is 19. The van der Waals surface area contributed by atoms with Crippen LogP contribution in [0.4, 0.5) is 0 Å². The van der Waals surface area contributed by atoms with E-state index >= 15 is 0 Å². The lowest BCUT2D eigenvalue weighted by atomic mass is 9.50. The minimum atomic E-state index is -1.86. The highest BCUT2D eigenvalue weighted by atomic mass is 31.1. The number of allylic oxidation sites excluding steroid dienone is 5. The molecule has 9 aliphatic carbocycles. The Hall–Kier alpha value is -9.15. The van der Waals surface area contributed by atoms with Crippen molar-refractivity contribution in [2.45, 2.75) is 179 Å². The van der Waals surface area contributed by atoms with Crippen LogP contribution in [0.15, 0.2) is 132 Å². The van der Waals surface area contributed by atoms with Crippen LogP contribution in [0, 0.1) is 71.0 Å². The maximum Gasteiger partial charge on any atom is 0.344 e. The quantitative estimate of drug-likeness (QED) is 0.0202. The Morgan fingerprint density at radius 3 is 1.41 bits per heavy atom. The van der Waals surface area contributed by atoms with Gasteiger partial charge in [0.1, 0.15) is 114 Å². The topological polar surface area (TPSA) is 273 Å². The second kappa shape index (κ2) is 29.5. The maximum absolute atomic E-state index is 14.0. The normalized spacial score (nSPS) is 33.1. The van der Waals surface area contributed by atoms with Crippen molar-refractivity contribution < 1.29 is 92.0 Å². The molecule has 0 amide bonds. The van der Waals surface area contributed by atoms with Gasteiger partial charge in [-0.2, -0.15) is 0 Å². The van der Waals surface area contributed by atoms with Crippen LogP contribution in [-0.2, 0) is 42.9 Å². The first-order valence-corrected chi connectivity index (χ1v) is 43.9. The molecular weight excluding hydrogens is 1480 g/mol. The van der Waals surface area contributed by atoms with Crippen LogP contribution in [0.25, 0.3) is 0 Å². The molecule has 8 saturated carbocycles. The third kappa shape index (κ3) is 13.5. The summed E-state index contributed by atoms with van der Waals surface area (Å²) in [5, 5.41) is 78.0. The Morgan fingerprint density at radius 2 is 0.895 bits per heavy atom. The predicted octanol–water partition coefficient (Wildman–Crippen LogP) is 18.0. The number of rotatable bonds is 18. The van der Waals surface area contributed by atoms with Gasteiger partial charge >= 0.3 is 17.9 Å². The summed E-state index contributed by atoms with van der Waals surface area (Å²) in [5.74, 6) is -0.417. The molecule has 6 N–H and O–H groups in total. The highest BCUT2D eigenvalue weighted by Gasteiger charge is 2.58. The van der Waals surface area contributed by atoms with Gasteiger partial charge in [-0.1, -0.05) is 64.5 Å². The van der Waals surface area contributed by atoms with Crippen LogP contribution < -0.4 is 18.5 Å². The molecule has 19 rings (SSSR count). The molecule has 0 spiro atoms. The highest BCUT2D eigenvalue weighted by molar-refractivity contribution is 7.58. The van der Waals surface area contributed by atoms with Crippen molar-refractivity contribution in [3.8, 4) is 57.5 Å². The molecule has 0 saturated heterocycles. The average molecular weight is 1590 g/mol. The molecule has 19 nitrogen and oxygen atoms in total. The van der Waals surface area contributed by atoms with E-state index in [2.05, 4.69) is 48.5 Å². The van der Waals surface area contributed by atoms with Gasteiger partial charge in [-0.15, -0.1) is 0 Å². The number of aromatic hydroxyl groups is 6. The molecule has 6 aromatic rings. The SMILES string of the molecule is CCC1CC2CC(C)C(C)(OC(=O)COc3ccc(C4c5cc(c(O)cc5O)C5C6=P(=C(OCC=O)C=C6)Oc6cc7c(cc65)C(C5=CC=C(OCC(=O)OC6(C)C8CC9CC(C8)CC6C9)CP5O7)c5cc(c(O)cc5O)C(c5ccc(OCC(=O)OC6(C)C(C)CC7CC(C)CC6C7)cc5)c5cc4c(O)cc5O)cc3)C(C1)C2. The third-order valence-corrected chi connectivity index (χ3v) is 33.0. The number of carbonyl (C=O) groups is 4. The van der Waals surface area contributed by atoms with E-state index in [9.17, 15) is 49.8 Å². The van der Waals surface area contributed by atoms with Crippen LogP contribution in [0.5, 0.6) is 57.5 Å². The number of carbonyl (C=O) groups excluding carboxylic acids is 4. The number of phenolic OH excluding ortho intramolecular Hbond substituents is 6. The van der Waals surface area contributed by atoms with Gasteiger partial charge in [0.05, 0.1) is 6.16 Å². The van der Waals surface area contributed by atoms with Crippen molar-refractivity contribution in [1.82, 2.24) is 0 Å². The molecule has 8 fully saturated rings. The summed E-state index contributed by atoms with van der Waals surface area (Å²) in [4.78, 5) is 54.1. The van der Waals surface area contributed by atoms with Crippen molar-refractivity contribution in [3.63, 3.8) is 0 Å². The molecule has 21 heteroatoms. The molecule has 4 heterocycles. The first-order chi connectivity index (χ1) is 54.8. The molecule has 598 valence electrons. The van der Waals surface area contributed by atoms with E-state index in [4.69, 9.17) is 42.2 Å². The zero-order valence-corrected chi connectivity index (χ0v) is 67.5. The van der Waals surface area contributed by atoms with Crippen molar-refractivity contribution in [1.29, 1.82) is 0 Å². The second-order valence-corrected chi connectivity index (χ2v) is 39.4. The standard InChI is InChI=1S/C93H102O19P2/c1-8-51-27-53-26-50(4)92(6,59(29-51)31-53)109-84(102)45-106-63-15-11-57(12-16-63)88-66-36-65(73(95)40-74(66)96)87(56-9-13-62(14-10-56)105-44-83(101)108-91(5)49(3)25-52-23-48(2)24-58(91)30-52)67-37-69(77(99)41-75(67)97)89-71-39-72-80(112-114-82(19-20-86(114)104-22-21-94)90(72)70-38-68(88)76(98)42-78(70)100)43-79(71)111-113-47-64(17-18-81(89)113)107-46-85(103)110-93(7)60-32-54-28-55(34-60)35-61(93)33-54/h9-21,36-43,48-55,58-61,87-90,95-100H,8,22-35,44-47H2,1-7H3. The van der Waals surface area contributed by atoms with E-state index in [0.29, 0.717) is 127 Å². The predicted molar refractivity (Wildman–Crippen MR) is 431 cm³/mol. The molecular formula is C93H102O19P2. The maximum atomic E-state index is 14.0. The number of esters is 3. The minimum absolute atomic E-state index is 0.167. The Balaban J connectivity index is 0.755. The summed E-state index contributed by atoms with van der Waals surface area (Å²) in [6.45, 7) is 13.8. The Morgan fingerprint density at radius 1 is 0.456 bits per heavy atom. The number of fused-ring (bicyclic) bond motifs is 15. The lowest BCUT2D eigenvalue weighted by Crippen LogP contribution is -2.58. The molecule has 0 aromatic heterocycles. The van der Waals surface area contributed by atoms with Crippen LogP contribution in [-0.4, -0.2) is 115 Å². The van der Waals surface area contributed by atoms with E-state index in [-0.39, 0.29) is 113 Å². The summed E-state index contributed by atoms with van der Waals surface area (Å²) in [6, 6.07) is 26.4. The first kappa shape index (κ1) is 76.2. The van der Waals surface area contributed by atoms with Gasteiger partial charge in [0.2, 0.25) is 0 Å². The molecule has 114 heavy (non-hydrogen) atoms. The van der Waals surface area contributed by atoms with Gasteiger partial charge in [0.25, 0.3) is 0 Å². The van der Waals surface area contributed by atoms with Crippen LogP contribution >= 0.6 is 15.5 Å². The lowest BCUT2D eigenvalue weighted by Gasteiger charge is -2.59. The number of ether oxygens (including phenoxy) is 7. The summed E-state index contributed by atoms with van der Waals surface area (Å²) in [6.07, 6.45) is 23.2. The highest BCUT2D eigenvalue weighted by Crippen LogP contribution is 2.67. The van der Waals surface area contributed by atoms with Crippen molar-refractivity contribution in [3.05, 3.63) is 188 Å². The summed E-state index contributed by atoms with van der Waals surface area (Å²) < 4.78 is 58.7. The lowest BCUT2D eigenvalue weighted by molar-refractivity contribution is -0.205. The first-order valence-electron chi connectivity index (χ1n) is 41.2. The van der Waals surface area contributed by atoms with E-state index in [0.717, 1.165) is 75.9 Å². The Labute approximate surface area is 667 Å². The van der Waals surface area contributed by atoms with E-state index < -0.39 is 73.9 Å². The number of benzene rings is 6. The van der Waals surface area contributed by atoms with Gasteiger partial charge in [-0.25, -0.2) is 14.4 Å². The molecule has 6 aromatic carbocycles. The fourth-order valence-corrected chi connectivity index (χ4v) is 27.2. The van der Waals surface area contributed by atoms with Gasteiger partial charge in [-0.3, -0.25) is 0 Å². The third-order valence-electron chi connectivity index (χ3n) is 29.1. The fourth-order valence-electron chi connectivity index (χ4n) is 23.3. The number of aldehydes is 1. The van der Waals surface area contributed by atoms with E-state index in [1.807, 2.05) is 24.3 Å². The minimum Gasteiger partial charge on any atom is -0.507 e. The zero-order valence-electron chi connectivity index (χ0n) is 65.7. The van der Waals surface area contributed by atoms with Gasteiger partial charge in [-0.05, 0) is 253 Å². The molecule has 16 unspecified atom stereocenters. The van der Waals surface area contributed by atoms with Gasteiger partial charge < -0.3 is 77.6 Å². The summed E-state index contributed by atoms with van der Waals surface area (Å²) in [7, 11) is -3.58. The average Bonchev–Trinajstić information content (AvgIpc) is 1.27. The van der Waals surface area contributed by atoms with E-state index in [1.165, 1.54) is 37.5 Å². The summed E-state index contributed by atoms with van der Waals surface area (Å²) >= 11 is 0. The largest absolute Gasteiger partial charge is 0.507 e. The summed E-state index contributed by atoms with van der Waals surface area (Å²) in [5.41, 5.74) is 2.03. The smallest absolute Gasteiger partial charge is 0.344 e. The fraction of sp³-hybridized carbons (Fsp3) is 0.484. The van der Waals surface area contributed by atoms with Crippen LogP contribution in [0.2, 0.25) is 0 Å². The Kier molecular flexibility index (Phi) is 19.7. The second-order valence-electron chi connectivity index (χ2n) is 35.9. The van der Waals surface area contributed by atoms with Crippen molar-refractivity contribution in [2.24, 2.45) is 71.0 Å². The number of phenols is 6. The molecule has 16 bridgehead atoms.